The number of carboxylic acid groups (broad SMARTS) is 1. The van der Waals surface area contributed by atoms with E-state index < -0.39 is 5.97 Å². The third-order valence-electron chi connectivity index (χ3n) is 2.48. The SMILES string of the molecule is C=C(CCC(C)C(=O)O)NCCOCCOCC=O. The van der Waals surface area contributed by atoms with Crippen LogP contribution in [-0.4, -0.2) is 50.3 Å². The van der Waals surface area contributed by atoms with Crippen LogP contribution >= 0.6 is 0 Å². The molecule has 0 fully saturated rings. The van der Waals surface area contributed by atoms with Crippen molar-refractivity contribution in [2.24, 2.45) is 5.92 Å². The smallest absolute Gasteiger partial charge is 0.306 e. The fraction of sp³-hybridized carbons (Fsp3) is 0.692. The molecule has 0 spiro atoms. The average molecular weight is 273 g/mol. The number of ether oxygens (including phenoxy) is 2. The van der Waals surface area contributed by atoms with Gasteiger partial charge in [0.25, 0.3) is 0 Å². The summed E-state index contributed by atoms with van der Waals surface area (Å²) in [6.07, 6.45) is 1.90. The highest BCUT2D eigenvalue weighted by Crippen LogP contribution is 2.08. The van der Waals surface area contributed by atoms with Gasteiger partial charge in [-0.1, -0.05) is 13.5 Å². The summed E-state index contributed by atoms with van der Waals surface area (Å²) in [6, 6.07) is 0. The van der Waals surface area contributed by atoms with E-state index in [0.29, 0.717) is 45.5 Å². The van der Waals surface area contributed by atoms with Gasteiger partial charge in [-0.2, -0.15) is 0 Å². The molecule has 0 aliphatic heterocycles. The fourth-order valence-electron chi connectivity index (χ4n) is 1.25. The van der Waals surface area contributed by atoms with Crippen LogP contribution in [0, 0.1) is 5.92 Å². The van der Waals surface area contributed by atoms with Crippen LogP contribution in [0.15, 0.2) is 12.3 Å². The molecule has 6 nitrogen and oxygen atoms in total. The first-order chi connectivity index (χ1) is 9.07. The highest BCUT2D eigenvalue weighted by molar-refractivity contribution is 5.69. The van der Waals surface area contributed by atoms with Crippen LogP contribution in [0.2, 0.25) is 0 Å². The molecule has 0 aromatic heterocycles. The van der Waals surface area contributed by atoms with Crippen molar-refractivity contribution in [2.75, 3.05) is 33.0 Å². The third kappa shape index (κ3) is 11.4. The summed E-state index contributed by atoms with van der Waals surface area (Å²) < 4.78 is 10.2. The summed E-state index contributed by atoms with van der Waals surface area (Å²) in [6.45, 7) is 7.57. The number of carboxylic acids is 1. The minimum atomic E-state index is -0.786. The van der Waals surface area contributed by atoms with Crippen molar-refractivity contribution in [1.29, 1.82) is 0 Å². The second-order valence-corrected chi connectivity index (χ2v) is 4.16. The number of allylic oxidation sites excluding steroid dienone is 1. The van der Waals surface area contributed by atoms with Crippen molar-refractivity contribution in [3.8, 4) is 0 Å². The molecule has 0 rings (SSSR count). The van der Waals surface area contributed by atoms with E-state index in [-0.39, 0.29) is 12.5 Å². The molecule has 0 aliphatic carbocycles. The quantitative estimate of drug-likeness (QED) is 0.382. The highest BCUT2D eigenvalue weighted by Gasteiger charge is 2.10. The van der Waals surface area contributed by atoms with Crippen molar-refractivity contribution in [2.45, 2.75) is 19.8 Å². The summed E-state index contributed by atoms with van der Waals surface area (Å²) >= 11 is 0. The zero-order valence-corrected chi connectivity index (χ0v) is 11.4. The summed E-state index contributed by atoms with van der Waals surface area (Å²) in [5, 5.41) is 11.8. The van der Waals surface area contributed by atoms with Gasteiger partial charge >= 0.3 is 5.97 Å². The Morgan fingerprint density at radius 2 is 2.05 bits per heavy atom. The van der Waals surface area contributed by atoms with Crippen LogP contribution in [-0.2, 0) is 19.1 Å². The minimum absolute atomic E-state index is 0.0974. The second-order valence-electron chi connectivity index (χ2n) is 4.16. The van der Waals surface area contributed by atoms with Crippen LogP contribution in [0.4, 0.5) is 0 Å². The summed E-state index contributed by atoms with van der Waals surface area (Å²) in [5.41, 5.74) is 0.814. The first-order valence-electron chi connectivity index (χ1n) is 6.31. The zero-order chi connectivity index (χ0) is 14.5. The van der Waals surface area contributed by atoms with E-state index in [9.17, 15) is 9.59 Å². The van der Waals surface area contributed by atoms with E-state index in [1.165, 1.54) is 0 Å². The van der Waals surface area contributed by atoms with Crippen LogP contribution < -0.4 is 5.32 Å². The molecule has 6 heteroatoms. The molecule has 0 bridgehead atoms. The lowest BCUT2D eigenvalue weighted by Crippen LogP contribution is -2.20. The molecule has 0 aromatic rings. The Labute approximate surface area is 113 Å². The molecule has 110 valence electrons. The number of nitrogens with one attached hydrogen (secondary N) is 1. The largest absolute Gasteiger partial charge is 0.481 e. The molecule has 0 saturated carbocycles. The van der Waals surface area contributed by atoms with Crippen molar-refractivity contribution in [3.63, 3.8) is 0 Å². The van der Waals surface area contributed by atoms with Crippen molar-refractivity contribution >= 4 is 12.3 Å². The van der Waals surface area contributed by atoms with E-state index in [1.807, 2.05) is 0 Å². The van der Waals surface area contributed by atoms with Gasteiger partial charge in [0, 0.05) is 12.2 Å². The maximum Gasteiger partial charge on any atom is 0.306 e. The van der Waals surface area contributed by atoms with Crippen molar-refractivity contribution in [1.82, 2.24) is 5.32 Å². The summed E-state index contributed by atoms with van der Waals surface area (Å²) in [7, 11) is 0. The number of aldehydes is 1. The van der Waals surface area contributed by atoms with Gasteiger partial charge in [0.2, 0.25) is 0 Å². The van der Waals surface area contributed by atoms with E-state index in [1.54, 1.807) is 6.92 Å². The van der Waals surface area contributed by atoms with Crippen molar-refractivity contribution in [3.05, 3.63) is 12.3 Å². The van der Waals surface area contributed by atoms with Crippen LogP contribution in [0.5, 0.6) is 0 Å². The van der Waals surface area contributed by atoms with E-state index in [2.05, 4.69) is 11.9 Å². The van der Waals surface area contributed by atoms with Crippen LogP contribution in [0.3, 0.4) is 0 Å². The number of rotatable bonds is 13. The van der Waals surface area contributed by atoms with E-state index >= 15 is 0 Å². The van der Waals surface area contributed by atoms with Gasteiger partial charge in [-0.3, -0.25) is 4.79 Å². The molecule has 0 aromatic carbocycles. The van der Waals surface area contributed by atoms with Gasteiger partial charge in [0.05, 0.1) is 25.7 Å². The maximum absolute atomic E-state index is 10.6. The number of hydrogen-bond acceptors (Lipinski definition) is 5. The first kappa shape index (κ1) is 17.6. The molecular formula is C13H23NO5. The predicted octanol–water partition coefficient (Wildman–Crippen LogP) is 0.823. The van der Waals surface area contributed by atoms with Gasteiger partial charge in [0.15, 0.2) is 0 Å². The Bertz CT molecular complexity index is 280. The molecule has 0 amide bonds. The number of carbonyl (C=O) groups is 2. The average Bonchev–Trinajstić information content (AvgIpc) is 2.38. The molecule has 1 atom stereocenters. The van der Waals surface area contributed by atoms with Gasteiger partial charge in [-0.05, 0) is 12.8 Å². The molecule has 0 heterocycles. The summed E-state index contributed by atoms with van der Waals surface area (Å²) in [4.78, 5) is 20.6. The van der Waals surface area contributed by atoms with Gasteiger partial charge in [-0.15, -0.1) is 0 Å². The number of hydrogen-bond donors (Lipinski definition) is 2. The standard InChI is InChI=1S/C13H23NO5/c1-11(13(16)17)3-4-12(2)14-5-7-18-9-10-19-8-6-15/h6,11,14H,2-5,7-10H2,1H3,(H,16,17). The van der Waals surface area contributed by atoms with E-state index in [4.69, 9.17) is 14.6 Å². The lowest BCUT2D eigenvalue weighted by atomic mass is 10.1. The number of carbonyl (C=O) groups excluding carboxylic acids is 1. The molecule has 0 aliphatic rings. The van der Waals surface area contributed by atoms with Crippen molar-refractivity contribution < 1.29 is 24.2 Å². The van der Waals surface area contributed by atoms with Gasteiger partial charge in [0.1, 0.15) is 12.9 Å². The monoisotopic (exact) mass is 273 g/mol. The molecule has 2 N–H and O–H groups in total. The van der Waals surface area contributed by atoms with Gasteiger partial charge in [-0.25, -0.2) is 0 Å². The Kier molecular flexibility index (Phi) is 10.8. The zero-order valence-electron chi connectivity index (χ0n) is 11.4. The lowest BCUT2D eigenvalue weighted by molar-refractivity contribution is -0.141. The third-order valence-corrected chi connectivity index (χ3v) is 2.48. The van der Waals surface area contributed by atoms with E-state index in [0.717, 1.165) is 5.70 Å². The Hall–Kier alpha value is -1.40. The summed E-state index contributed by atoms with van der Waals surface area (Å²) in [5.74, 6) is -1.14. The Morgan fingerprint density at radius 1 is 1.37 bits per heavy atom. The Morgan fingerprint density at radius 3 is 2.68 bits per heavy atom. The minimum Gasteiger partial charge on any atom is -0.481 e. The maximum atomic E-state index is 10.6. The van der Waals surface area contributed by atoms with Crippen LogP contribution in [0.1, 0.15) is 19.8 Å². The molecule has 0 saturated heterocycles. The number of aliphatic carboxylic acids is 1. The molecule has 1 unspecified atom stereocenters. The molecule has 19 heavy (non-hydrogen) atoms. The highest BCUT2D eigenvalue weighted by atomic mass is 16.5. The first-order valence-corrected chi connectivity index (χ1v) is 6.31. The fourth-order valence-corrected chi connectivity index (χ4v) is 1.25. The molecular weight excluding hydrogens is 250 g/mol. The van der Waals surface area contributed by atoms with Gasteiger partial charge < -0.3 is 24.7 Å². The van der Waals surface area contributed by atoms with Crippen LogP contribution in [0.25, 0.3) is 0 Å². The predicted molar refractivity (Wildman–Crippen MR) is 70.9 cm³/mol. The lowest BCUT2D eigenvalue weighted by Gasteiger charge is -2.11. The molecule has 0 radical (unpaired) electrons. The Balaban J connectivity index is 3.34. The second kappa shape index (κ2) is 11.7. The normalized spacial score (nSPS) is 11.8. The topological polar surface area (TPSA) is 84.9 Å².